The van der Waals surface area contributed by atoms with Crippen molar-refractivity contribution in [2.75, 3.05) is 13.1 Å². The van der Waals surface area contributed by atoms with Gasteiger partial charge in [-0.25, -0.2) is 0 Å². The molecule has 26 heavy (non-hydrogen) atoms. The number of hydrogen-bond acceptors (Lipinski definition) is 4. The molecule has 0 saturated carbocycles. The van der Waals surface area contributed by atoms with Gasteiger partial charge in [-0.2, -0.15) is 5.06 Å². The van der Waals surface area contributed by atoms with E-state index in [0.29, 0.717) is 17.5 Å². The van der Waals surface area contributed by atoms with Crippen molar-refractivity contribution in [2.45, 2.75) is 19.4 Å². The molecule has 1 aliphatic rings. The van der Waals surface area contributed by atoms with Crippen LogP contribution in [0.15, 0.2) is 65.3 Å². The molecule has 1 aromatic heterocycles. The SMILES string of the molecule is Clc1ccc(-c2oncc2CON2CCC(Cc3ccccc3)C2)cc1. The summed E-state index contributed by atoms with van der Waals surface area (Å²) in [6.45, 7) is 2.37. The molecule has 0 amide bonds. The van der Waals surface area contributed by atoms with E-state index >= 15 is 0 Å². The number of benzene rings is 2. The smallest absolute Gasteiger partial charge is 0.172 e. The Bertz CT molecular complexity index is 833. The van der Waals surface area contributed by atoms with Crippen LogP contribution in [0.1, 0.15) is 17.5 Å². The molecule has 5 heteroatoms. The van der Waals surface area contributed by atoms with E-state index in [0.717, 1.165) is 42.8 Å². The lowest BCUT2D eigenvalue weighted by atomic mass is 9.99. The molecule has 2 aromatic carbocycles. The molecule has 3 aromatic rings. The highest BCUT2D eigenvalue weighted by Gasteiger charge is 2.24. The van der Waals surface area contributed by atoms with E-state index in [9.17, 15) is 0 Å². The molecule has 0 N–H and O–H groups in total. The number of rotatable bonds is 6. The maximum Gasteiger partial charge on any atom is 0.172 e. The van der Waals surface area contributed by atoms with Crippen molar-refractivity contribution in [3.8, 4) is 11.3 Å². The first-order valence-electron chi connectivity index (χ1n) is 8.89. The molecular weight excluding hydrogens is 348 g/mol. The summed E-state index contributed by atoms with van der Waals surface area (Å²) in [6, 6.07) is 18.2. The Morgan fingerprint density at radius 1 is 1.12 bits per heavy atom. The van der Waals surface area contributed by atoms with E-state index in [2.05, 4.69) is 40.6 Å². The maximum atomic E-state index is 6.01. The van der Waals surface area contributed by atoms with Crippen molar-refractivity contribution >= 4 is 11.6 Å². The third-order valence-corrected chi connectivity index (χ3v) is 5.02. The van der Waals surface area contributed by atoms with Gasteiger partial charge in [0.15, 0.2) is 5.76 Å². The molecule has 4 rings (SSSR count). The van der Waals surface area contributed by atoms with E-state index in [1.54, 1.807) is 6.20 Å². The van der Waals surface area contributed by atoms with Crippen LogP contribution in [-0.2, 0) is 17.9 Å². The van der Waals surface area contributed by atoms with Crippen LogP contribution in [0.2, 0.25) is 5.02 Å². The summed E-state index contributed by atoms with van der Waals surface area (Å²) < 4.78 is 5.41. The average molecular weight is 369 g/mol. The number of hydroxylamine groups is 2. The molecule has 1 unspecified atom stereocenters. The fraction of sp³-hybridized carbons (Fsp3) is 0.286. The standard InChI is InChI=1S/C21H21ClN2O2/c22-20-8-6-18(7-9-20)21-19(13-23-26-21)15-25-24-11-10-17(14-24)12-16-4-2-1-3-5-16/h1-9,13,17H,10-12,14-15H2. The topological polar surface area (TPSA) is 38.5 Å². The molecule has 2 heterocycles. The lowest BCUT2D eigenvalue weighted by Crippen LogP contribution is -2.21. The molecule has 1 aliphatic heterocycles. The molecule has 1 saturated heterocycles. The van der Waals surface area contributed by atoms with Gasteiger partial charge in [0.05, 0.1) is 12.8 Å². The van der Waals surface area contributed by atoms with Crippen LogP contribution >= 0.6 is 11.6 Å². The zero-order chi connectivity index (χ0) is 17.8. The largest absolute Gasteiger partial charge is 0.356 e. The van der Waals surface area contributed by atoms with Gasteiger partial charge in [-0.05, 0) is 48.6 Å². The fourth-order valence-electron chi connectivity index (χ4n) is 3.39. The quantitative estimate of drug-likeness (QED) is 0.614. The summed E-state index contributed by atoms with van der Waals surface area (Å²) in [4.78, 5) is 6.01. The van der Waals surface area contributed by atoms with E-state index in [1.807, 2.05) is 24.3 Å². The predicted molar refractivity (Wildman–Crippen MR) is 102 cm³/mol. The number of hydrogen-bond donors (Lipinski definition) is 0. The van der Waals surface area contributed by atoms with Crippen LogP contribution in [0, 0.1) is 5.92 Å². The molecule has 4 nitrogen and oxygen atoms in total. The van der Waals surface area contributed by atoms with Crippen molar-refractivity contribution in [1.82, 2.24) is 10.2 Å². The van der Waals surface area contributed by atoms with Crippen molar-refractivity contribution in [1.29, 1.82) is 0 Å². The Morgan fingerprint density at radius 3 is 2.73 bits per heavy atom. The minimum absolute atomic E-state index is 0.458. The molecule has 0 bridgehead atoms. The second-order valence-corrected chi connectivity index (χ2v) is 7.13. The third-order valence-electron chi connectivity index (χ3n) is 4.77. The summed E-state index contributed by atoms with van der Waals surface area (Å²) >= 11 is 5.95. The summed E-state index contributed by atoms with van der Waals surface area (Å²) in [5, 5.41) is 6.69. The highest BCUT2D eigenvalue weighted by Crippen LogP contribution is 2.27. The van der Waals surface area contributed by atoms with Crippen LogP contribution in [0.5, 0.6) is 0 Å². The lowest BCUT2D eigenvalue weighted by molar-refractivity contribution is -0.155. The van der Waals surface area contributed by atoms with Gasteiger partial charge >= 0.3 is 0 Å². The summed E-state index contributed by atoms with van der Waals surface area (Å²) in [5.41, 5.74) is 3.29. The van der Waals surface area contributed by atoms with E-state index < -0.39 is 0 Å². The Morgan fingerprint density at radius 2 is 1.92 bits per heavy atom. The fourth-order valence-corrected chi connectivity index (χ4v) is 3.52. The van der Waals surface area contributed by atoms with Gasteiger partial charge in [-0.15, -0.1) is 0 Å². The van der Waals surface area contributed by atoms with Gasteiger partial charge in [-0.3, -0.25) is 4.84 Å². The lowest BCUT2D eigenvalue weighted by Gasteiger charge is -2.16. The second-order valence-electron chi connectivity index (χ2n) is 6.69. The summed E-state index contributed by atoms with van der Waals surface area (Å²) in [5.74, 6) is 1.37. The average Bonchev–Trinajstić information content (AvgIpc) is 3.31. The molecule has 0 spiro atoms. The Hall–Kier alpha value is -2.14. The number of halogens is 1. The molecule has 134 valence electrons. The molecule has 1 atom stereocenters. The van der Waals surface area contributed by atoms with Gasteiger partial charge in [0.1, 0.15) is 0 Å². The van der Waals surface area contributed by atoms with Gasteiger partial charge in [-0.1, -0.05) is 47.1 Å². The molecule has 1 fully saturated rings. The van der Waals surface area contributed by atoms with E-state index in [-0.39, 0.29) is 0 Å². The van der Waals surface area contributed by atoms with Crippen LogP contribution in [-0.4, -0.2) is 23.3 Å². The second kappa shape index (κ2) is 8.04. The van der Waals surface area contributed by atoms with Crippen molar-refractivity contribution in [3.63, 3.8) is 0 Å². The number of nitrogens with zero attached hydrogens (tertiary/aromatic N) is 2. The van der Waals surface area contributed by atoms with Gasteiger partial charge in [0, 0.05) is 29.2 Å². The first kappa shape index (κ1) is 17.3. The molecule has 0 aliphatic carbocycles. The van der Waals surface area contributed by atoms with E-state index in [4.69, 9.17) is 21.0 Å². The zero-order valence-electron chi connectivity index (χ0n) is 14.5. The normalized spacial score (nSPS) is 17.7. The monoisotopic (exact) mass is 368 g/mol. The van der Waals surface area contributed by atoms with Crippen molar-refractivity contribution < 1.29 is 9.36 Å². The van der Waals surface area contributed by atoms with Gasteiger partial charge < -0.3 is 4.52 Å². The highest BCUT2D eigenvalue weighted by molar-refractivity contribution is 6.30. The Balaban J connectivity index is 1.33. The van der Waals surface area contributed by atoms with Crippen LogP contribution in [0.3, 0.4) is 0 Å². The van der Waals surface area contributed by atoms with Crippen LogP contribution in [0.4, 0.5) is 0 Å². The van der Waals surface area contributed by atoms with Crippen LogP contribution < -0.4 is 0 Å². The summed E-state index contributed by atoms with van der Waals surface area (Å²) in [6.07, 6.45) is 3.98. The maximum absolute atomic E-state index is 6.01. The minimum Gasteiger partial charge on any atom is -0.356 e. The van der Waals surface area contributed by atoms with Crippen LogP contribution in [0.25, 0.3) is 11.3 Å². The first-order valence-corrected chi connectivity index (χ1v) is 9.27. The predicted octanol–water partition coefficient (Wildman–Crippen LogP) is 4.99. The Kier molecular flexibility index (Phi) is 5.34. The van der Waals surface area contributed by atoms with E-state index in [1.165, 1.54) is 5.56 Å². The number of aromatic nitrogens is 1. The first-order chi connectivity index (χ1) is 12.8. The van der Waals surface area contributed by atoms with Gasteiger partial charge in [0.2, 0.25) is 0 Å². The third kappa shape index (κ3) is 4.15. The Labute approximate surface area is 158 Å². The molecule has 0 radical (unpaired) electrons. The summed E-state index contributed by atoms with van der Waals surface area (Å²) in [7, 11) is 0. The zero-order valence-corrected chi connectivity index (χ0v) is 15.2. The molecular formula is C21H21ClN2O2. The van der Waals surface area contributed by atoms with Crippen molar-refractivity contribution in [3.05, 3.63) is 76.9 Å². The van der Waals surface area contributed by atoms with Crippen molar-refractivity contribution in [2.24, 2.45) is 5.92 Å². The highest BCUT2D eigenvalue weighted by atomic mass is 35.5. The van der Waals surface area contributed by atoms with Gasteiger partial charge in [0.25, 0.3) is 0 Å². The minimum atomic E-state index is 0.458.